The van der Waals surface area contributed by atoms with Gasteiger partial charge in [0.2, 0.25) is 0 Å². The molecule has 0 bridgehead atoms. The van der Waals surface area contributed by atoms with Crippen molar-refractivity contribution >= 4 is 17.8 Å². The van der Waals surface area contributed by atoms with E-state index in [0.29, 0.717) is 25.3 Å². The van der Waals surface area contributed by atoms with E-state index in [4.69, 9.17) is 4.74 Å². The monoisotopic (exact) mass is 426 g/mol. The highest BCUT2D eigenvalue weighted by Crippen LogP contribution is 2.25. The smallest absolute Gasteiger partial charge is 0.407 e. The number of ketones is 1. The number of aliphatic hydroxyl groups is 1. The summed E-state index contributed by atoms with van der Waals surface area (Å²) in [5, 5.41) is 15.5. The molecule has 1 aromatic carbocycles. The first-order valence-electron chi connectivity index (χ1n) is 11.0. The van der Waals surface area contributed by atoms with Crippen molar-refractivity contribution in [3.63, 3.8) is 0 Å². The molecule has 1 saturated heterocycles. The van der Waals surface area contributed by atoms with Crippen LogP contribution in [0.5, 0.6) is 0 Å². The highest BCUT2D eigenvalue weighted by Gasteiger charge is 2.37. The fourth-order valence-corrected chi connectivity index (χ4v) is 3.94. The molecule has 1 unspecified atom stereocenters. The van der Waals surface area contributed by atoms with Gasteiger partial charge in [0.25, 0.3) is 5.91 Å². The van der Waals surface area contributed by atoms with Crippen LogP contribution in [0.15, 0.2) is 53.8 Å². The molecule has 0 radical (unpaired) electrons. The van der Waals surface area contributed by atoms with Gasteiger partial charge >= 0.3 is 6.09 Å². The number of alkyl carbamates (subject to hydrolysis) is 1. The zero-order chi connectivity index (χ0) is 22.1. The van der Waals surface area contributed by atoms with Crippen LogP contribution in [0, 0.1) is 5.92 Å². The van der Waals surface area contributed by atoms with Gasteiger partial charge in [0.1, 0.15) is 17.9 Å². The zero-order valence-corrected chi connectivity index (χ0v) is 17.6. The summed E-state index contributed by atoms with van der Waals surface area (Å²) >= 11 is 0. The summed E-state index contributed by atoms with van der Waals surface area (Å²) in [7, 11) is 0. The average Bonchev–Trinajstić information content (AvgIpc) is 3.08. The fourth-order valence-electron chi connectivity index (χ4n) is 3.94. The van der Waals surface area contributed by atoms with Gasteiger partial charge in [-0.2, -0.15) is 0 Å². The molecule has 1 atom stereocenters. The molecule has 2 fully saturated rings. The van der Waals surface area contributed by atoms with Crippen molar-refractivity contribution < 1.29 is 24.2 Å². The van der Waals surface area contributed by atoms with Gasteiger partial charge in [-0.25, -0.2) is 4.79 Å². The number of allylic oxidation sites excluding steroid dienone is 2. The van der Waals surface area contributed by atoms with Crippen LogP contribution in [0.3, 0.4) is 0 Å². The van der Waals surface area contributed by atoms with Crippen LogP contribution in [0.25, 0.3) is 0 Å². The van der Waals surface area contributed by atoms with Crippen LogP contribution in [-0.4, -0.2) is 35.5 Å². The first-order valence-corrected chi connectivity index (χ1v) is 11.0. The van der Waals surface area contributed by atoms with Crippen molar-refractivity contribution in [2.45, 2.75) is 57.6 Å². The van der Waals surface area contributed by atoms with Crippen LogP contribution in [0.1, 0.15) is 50.5 Å². The maximum Gasteiger partial charge on any atom is 0.407 e. The van der Waals surface area contributed by atoms with E-state index in [2.05, 4.69) is 10.6 Å². The lowest BCUT2D eigenvalue weighted by Crippen LogP contribution is -2.31. The van der Waals surface area contributed by atoms with Gasteiger partial charge in [0, 0.05) is 6.54 Å². The van der Waals surface area contributed by atoms with Gasteiger partial charge in [-0.3, -0.25) is 9.59 Å². The Bertz CT molecular complexity index is 841. The van der Waals surface area contributed by atoms with Crippen LogP contribution in [0.4, 0.5) is 4.79 Å². The number of Topliss-reactive ketones (excluding diaryl/α,β-unsaturated/α-hetero) is 1. The minimum atomic E-state index is -0.685. The van der Waals surface area contributed by atoms with Crippen LogP contribution >= 0.6 is 0 Å². The number of nitrogens with one attached hydrogen (secondary N) is 2. The Morgan fingerprint density at radius 2 is 1.90 bits per heavy atom. The molecule has 2 amide bonds. The summed E-state index contributed by atoms with van der Waals surface area (Å²) < 4.78 is 5.13. The van der Waals surface area contributed by atoms with E-state index in [1.807, 2.05) is 36.4 Å². The number of benzene rings is 1. The second-order valence-corrected chi connectivity index (χ2v) is 8.04. The minimum absolute atomic E-state index is 0.174. The van der Waals surface area contributed by atoms with Crippen molar-refractivity contribution in [1.29, 1.82) is 0 Å². The largest absolute Gasteiger partial charge is 0.507 e. The van der Waals surface area contributed by atoms with Gasteiger partial charge in [0.15, 0.2) is 5.78 Å². The number of aliphatic hydroxyl groups excluding tert-OH is 1. The number of carbonyl (C=O) groups excluding carboxylic acids is 3. The molecule has 3 rings (SSSR count). The third kappa shape index (κ3) is 6.70. The van der Waals surface area contributed by atoms with Crippen molar-refractivity contribution in [2.75, 3.05) is 6.54 Å². The lowest BCUT2D eigenvalue weighted by Gasteiger charge is -2.17. The molecule has 0 spiro atoms. The Kier molecular flexibility index (Phi) is 8.27. The second kappa shape index (κ2) is 11.3. The number of carbonyl (C=O) groups is 3. The lowest BCUT2D eigenvalue weighted by atomic mass is 9.89. The van der Waals surface area contributed by atoms with E-state index in [0.717, 1.165) is 18.4 Å². The minimum Gasteiger partial charge on any atom is -0.507 e. The van der Waals surface area contributed by atoms with Crippen molar-refractivity contribution in [3.05, 3.63) is 59.4 Å². The highest BCUT2D eigenvalue weighted by atomic mass is 16.5. The maximum absolute atomic E-state index is 12.5. The number of ether oxygens (including phenoxy) is 1. The molecule has 1 aromatic rings. The summed E-state index contributed by atoms with van der Waals surface area (Å²) in [4.78, 5) is 36.5. The van der Waals surface area contributed by atoms with Crippen LogP contribution in [-0.2, 0) is 20.9 Å². The summed E-state index contributed by atoms with van der Waals surface area (Å²) in [6.45, 7) is 0.505. The normalized spacial score (nSPS) is 21.2. The number of rotatable bonds is 8. The van der Waals surface area contributed by atoms with Gasteiger partial charge < -0.3 is 20.5 Å². The summed E-state index contributed by atoms with van der Waals surface area (Å²) in [6.07, 6.45) is 9.44. The number of amides is 2. The average molecular weight is 427 g/mol. The van der Waals surface area contributed by atoms with E-state index in [1.54, 1.807) is 0 Å². The SMILES string of the molecule is O=C(NCCCC1NC(=O)/C(=C(O)\C=C\C2CCCCC2)C1=O)OCc1ccccc1. The molecule has 1 aliphatic carbocycles. The van der Waals surface area contributed by atoms with E-state index >= 15 is 0 Å². The van der Waals surface area contributed by atoms with Gasteiger partial charge in [-0.15, -0.1) is 0 Å². The van der Waals surface area contributed by atoms with E-state index in [9.17, 15) is 19.5 Å². The molecule has 2 aliphatic rings. The molecular formula is C24H30N2O5. The Labute approximate surface area is 182 Å². The van der Waals surface area contributed by atoms with E-state index in [1.165, 1.54) is 25.3 Å². The van der Waals surface area contributed by atoms with Gasteiger partial charge in [-0.1, -0.05) is 55.7 Å². The molecule has 31 heavy (non-hydrogen) atoms. The number of hydrogen-bond acceptors (Lipinski definition) is 5. The van der Waals surface area contributed by atoms with Gasteiger partial charge in [-0.05, 0) is 43.2 Å². The molecule has 3 N–H and O–H groups in total. The molecular weight excluding hydrogens is 396 g/mol. The fraction of sp³-hybridized carbons (Fsp3) is 0.458. The van der Waals surface area contributed by atoms with Crippen molar-refractivity contribution in [1.82, 2.24) is 10.6 Å². The van der Waals surface area contributed by atoms with Crippen LogP contribution < -0.4 is 10.6 Å². The first-order chi connectivity index (χ1) is 15.0. The molecule has 7 nitrogen and oxygen atoms in total. The highest BCUT2D eigenvalue weighted by molar-refractivity contribution is 6.27. The predicted molar refractivity (Wildman–Crippen MR) is 116 cm³/mol. The summed E-state index contributed by atoms with van der Waals surface area (Å²) in [5.74, 6) is -0.823. The van der Waals surface area contributed by atoms with Crippen molar-refractivity contribution in [2.24, 2.45) is 5.92 Å². The third-order valence-electron chi connectivity index (χ3n) is 5.68. The van der Waals surface area contributed by atoms with Crippen molar-refractivity contribution in [3.8, 4) is 0 Å². The number of hydrogen-bond donors (Lipinski definition) is 3. The first kappa shape index (κ1) is 22.6. The lowest BCUT2D eigenvalue weighted by molar-refractivity contribution is -0.117. The topological polar surface area (TPSA) is 105 Å². The molecule has 0 aromatic heterocycles. The molecule has 1 saturated carbocycles. The Balaban J connectivity index is 1.41. The second-order valence-electron chi connectivity index (χ2n) is 8.04. The standard InChI is InChI=1S/C24H30N2O5/c27-20(14-13-17-8-3-1-4-9-17)21-22(28)19(26-23(21)29)12-7-15-25-24(30)31-16-18-10-5-2-6-11-18/h2,5-6,10-11,13-14,17,19,27H,1,3-4,7-9,12,15-16H2,(H,25,30)(H,26,29)/b14-13+,21-20+. The molecule has 166 valence electrons. The quantitative estimate of drug-likeness (QED) is 0.254. The molecule has 1 heterocycles. The molecule has 7 heteroatoms. The molecule has 1 aliphatic heterocycles. The van der Waals surface area contributed by atoms with Crippen LogP contribution in [0.2, 0.25) is 0 Å². The van der Waals surface area contributed by atoms with E-state index < -0.39 is 23.8 Å². The maximum atomic E-state index is 12.5. The summed E-state index contributed by atoms with van der Waals surface area (Å²) in [6, 6.07) is 8.68. The Morgan fingerprint density at radius 1 is 1.16 bits per heavy atom. The van der Waals surface area contributed by atoms with Gasteiger partial charge in [0.05, 0.1) is 6.04 Å². The zero-order valence-electron chi connectivity index (χ0n) is 17.6. The van der Waals surface area contributed by atoms with E-state index in [-0.39, 0.29) is 17.9 Å². The predicted octanol–water partition coefficient (Wildman–Crippen LogP) is 3.71. The third-order valence-corrected chi connectivity index (χ3v) is 5.68. The Morgan fingerprint density at radius 3 is 2.65 bits per heavy atom. The Hall–Kier alpha value is -3.09. The summed E-state index contributed by atoms with van der Waals surface area (Å²) in [5.41, 5.74) is 0.723.